The number of rotatable bonds is 1. The molecular weight excluding hydrogens is 338 g/mol. The van der Waals surface area contributed by atoms with Crippen LogP contribution in [0.5, 0.6) is 0 Å². The first-order valence-electron chi connectivity index (χ1n) is 7.00. The fraction of sp³-hybridized carbons (Fsp3) is 0. The Morgan fingerprint density at radius 3 is 1.82 bits per heavy atom. The molecule has 3 aromatic carbocycles. The lowest BCUT2D eigenvalue weighted by Gasteiger charge is -2.13. The number of nitrogens with two attached hydrogens (primary N) is 2. The van der Waals surface area contributed by atoms with Crippen LogP contribution in [0.3, 0.4) is 0 Å². The van der Waals surface area contributed by atoms with Gasteiger partial charge < -0.3 is 16.0 Å². The van der Waals surface area contributed by atoms with E-state index in [9.17, 15) is 0 Å². The van der Waals surface area contributed by atoms with Gasteiger partial charge >= 0.3 is 0 Å². The fourth-order valence-electron chi connectivity index (χ4n) is 2.98. The van der Waals surface area contributed by atoms with Gasteiger partial charge in [-0.1, -0.05) is 36.4 Å². The first kappa shape index (κ1) is 13.2. The van der Waals surface area contributed by atoms with Crippen molar-refractivity contribution < 1.29 is 0 Å². The molecule has 4 rings (SSSR count). The van der Waals surface area contributed by atoms with Crippen LogP contribution in [0.25, 0.3) is 27.5 Å². The van der Waals surface area contributed by atoms with Crippen LogP contribution < -0.4 is 11.5 Å². The van der Waals surface area contributed by atoms with Gasteiger partial charge in [-0.15, -0.1) is 0 Å². The molecule has 0 spiro atoms. The topological polar surface area (TPSA) is 57.0 Å². The number of nitrogen functional groups attached to an aromatic ring is 2. The summed E-state index contributed by atoms with van der Waals surface area (Å²) in [7, 11) is 0. The maximum atomic E-state index is 6.28. The standard InChI is InChI=1S/C18H14BrN3/c19-13-9-10-16(18(21)17(13)20)22-14-7-3-1-5-11(14)12-6-2-4-8-15(12)22/h1-10H,20-21H2. The predicted octanol–water partition coefficient (Wildman–Crippen LogP) is 4.71. The van der Waals surface area contributed by atoms with Crippen molar-refractivity contribution in [1.29, 1.82) is 0 Å². The molecule has 108 valence electrons. The Morgan fingerprint density at radius 1 is 0.682 bits per heavy atom. The highest BCUT2D eigenvalue weighted by molar-refractivity contribution is 9.10. The maximum Gasteiger partial charge on any atom is 0.0804 e. The lowest BCUT2D eigenvalue weighted by atomic mass is 10.2. The third kappa shape index (κ3) is 1.74. The number of nitrogens with zero attached hydrogens (tertiary/aromatic N) is 1. The van der Waals surface area contributed by atoms with Gasteiger partial charge in [-0.05, 0) is 40.2 Å². The molecular formula is C18H14BrN3. The van der Waals surface area contributed by atoms with Gasteiger partial charge in [-0.3, -0.25) is 0 Å². The summed E-state index contributed by atoms with van der Waals surface area (Å²) in [6.45, 7) is 0. The Balaban J connectivity index is 2.20. The summed E-state index contributed by atoms with van der Waals surface area (Å²) in [5.41, 5.74) is 16.7. The van der Waals surface area contributed by atoms with Crippen molar-refractivity contribution in [3.05, 3.63) is 65.1 Å². The SMILES string of the molecule is Nc1c(Br)ccc(-n2c3ccccc3c3ccccc32)c1N. The minimum Gasteiger partial charge on any atom is -0.396 e. The molecule has 0 unspecified atom stereocenters. The molecule has 0 fully saturated rings. The summed E-state index contributed by atoms with van der Waals surface area (Å²) in [5.74, 6) is 0. The number of para-hydroxylation sites is 2. The summed E-state index contributed by atoms with van der Waals surface area (Å²) < 4.78 is 2.98. The van der Waals surface area contributed by atoms with Crippen LogP contribution in [0.1, 0.15) is 0 Å². The van der Waals surface area contributed by atoms with Gasteiger partial charge in [0.05, 0.1) is 28.1 Å². The average molecular weight is 352 g/mol. The van der Waals surface area contributed by atoms with E-state index < -0.39 is 0 Å². The number of fused-ring (bicyclic) bond motifs is 3. The van der Waals surface area contributed by atoms with Crippen molar-refractivity contribution in [2.45, 2.75) is 0 Å². The number of benzene rings is 3. The zero-order valence-electron chi connectivity index (χ0n) is 11.8. The summed E-state index contributed by atoms with van der Waals surface area (Å²) in [4.78, 5) is 0. The molecule has 4 heteroatoms. The molecule has 0 aliphatic heterocycles. The molecule has 4 aromatic rings. The lowest BCUT2D eigenvalue weighted by molar-refractivity contribution is 1.18. The molecule has 4 N–H and O–H groups in total. The van der Waals surface area contributed by atoms with Crippen LogP contribution in [0.15, 0.2) is 65.1 Å². The number of halogens is 1. The zero-order valence-corrected chi connectivity index (χ0v) is 13.3. The minimum atomic E-state index is 0.569. The summed E-state index contributed by atoms with van der Waals surface area (Å²) in [5, 5.41) is 2.41. The first-order chi connectivity index (χ1) is 10.7. The fourth-order valence-corrected chi connectivity index (χ4v) is 3.32. The van der Waals surface area contributed by atoms with Gasteiger partial charge in [0.2, 0.25) is 0 Å². The van der Waals surface area contributed by atoms with E-state index in [2.05, 4.69) is 56.9 Å². The van der Waals surface area contributed by atoms with Crippen molar-refractivity contribution in [3.63, 3.8) is 0 Å². The Labute approximate surface area is 136 Å². The second-order valence-corrected chi connectivity index (χ2v) is 6.12. The minimum absolute atomic E-state index is 0.569. The number of anilines is 2. The van der Waals surface area contributed by atoms with Crippen molar-refractivity contribution in [2.24, 2.45) is 0 Å². The van der Waals surface area contributed by atoms with E-state index >= 15 is 0 Å². The number of hydrogen-bond donors (Lipinski definition) is 2. The largest absolute Gasteiger partial charge is 0.396 e. The molecule has 22 heavy (non-hydrogen) atoms. The Bertz CT molecular complexity index is 964. The van der Waals surface area contributed by atoms with Crippen LogP contribution in [0, 0.1) is 0 Å². The quantitative estimate of drug-likeness (QED) is 0.488. The maximum absolute atomic E-state index is 6.28. The molecule has 0 saturated heterocycles. The van der Waals surface area contributed by atoms with Gasteiger partial charge in [0.15, 0.2) is 0 Å². The van der Waals surface area contributed by atoms with E-state index in [1.54, 1.807) is 0 Å². The Kier molecular flexibility index (Phi) is 2.87. The molecule has 0 radical (unpaired) electrons. The third-order valence-electron chi connectivity index (χ3n) is 4.03. The lowest BCUT2D eigenvalue weighted by Crippen LogP contribution is -2.03. The third-order valence-corrected chi connectivity index (χ3v) is 4.72. The van der Waals surface area contributed by atoms with Crippen LogP contribution in [0.2, 0.25) is 0 Å². The molecule has 0 aliphatic rings. The molecule has 3 nitrogen and oxygen atoms in total. The van der Waals surface area contributed by atoms with Gasteiger partial charge in [-0.2, -0.15) is 0 Å². The molecule has 0 bridgehead atoms. The first-order valence-corrected chi connectivity index (χ1v) is 7.80. The molecule has 0 saturated carbocycles. The summed E-state index contributed by atoms with van der Waals surface area (Å²) in [6.07, 6.45) is 0. The van der Waals surface area contributed by atoms with E-state index in [4.69, 9.17) is 11.5 Å². The number of hydrogen-bond acceptors (Lipinski definition) is 2. The number of aromatic nitrogens is 1. The van der Waals surface area contributed by atoms with Crippen LogP contribution >= 0.6 is 15.9 Å². The predicted molar refractivity (Wildman–Crippen MR) is 97.3 cm³/mol. The highest BCUT2D eigenvalue weighted by Gasteiger charge is 2.15. The van der Waals surface area contributed by atoms with Crippen molar-refractivity contribution in [3.8, 4) is 5.69 Å². The average Bonchev–Trinajstić information content (AvgIpc) is 2.88. The Morgan fingerprint density at radius 2 is 1.23 bits per heavy atom. The summed E-state index contributed by atoms with van der Waals surface area (Å²) in [6, 6.07) is 20.6. The molecule has 1 heterocycles. The zero-order chi connectivity index (χ0) is 15.3. The Hall–Kier alpha value is -2.46. The van der Waals surface area contributed by atoms with Crippen LogP contribution in [-0.2, 0) is 0 Å². The van der Waals surface area contributed by atoms with Crippen LogP contribution in [-0.4, -0.2) is 4.57 Å². The highest BCUT2D eigenvalue weighted by atomic mass is 79.9. The van der Waals surface area contributed by atoms with E-state index in [0.717, 1.165) is 21.2 Å². The van der Waals surface area contributed by atoms with E-state index in [-0.39, 0.29) is 0 Å². The normalized spacial score (nSPS) is 11.3. The second kappa shape index (κ2) is 4.78. The van der Waals surface area contributed by atoms with Crippen molar-refractivity contribution >= 4 is 49.1 Å². The van der Waals surface area contributed by atoms with Gasteiger partial charge in [-0.25, -0.2) is 0 Å². The second-order valence-electron chi connectivity index (χ2n) is 5.26. The van der Waals surface area contributed by atoms with Crippen LogP contribution in [0.4, 0.5) is 11.4 Å². The van der Waals surface area contributed by atoms with Crippen molar-refractivity contribution in [1.82, 2.24) is 4.57 Å². The van der Waals surface area contributed by atoms with E-state index in [1.807, 2.05) is 24.3 Å². The molecule has 0 aliphatic carbocycles. The smallest absolute Gasteiger partial charge is 0.0804 e. The van der Waals surface area contributed by atoms with E-state index in [0.29, 0.717) is 11.4 Å². The summed E-state index contributed by atoms with van der Waals surface area (Å²) >= 11 is 3.43. The highest BCUT2D eigenvalue weighted by Crippen LogP contribution is 2.37. The van der Waals surface area contributed by atoms with Gasteiger partial charge in [0, 0.05) is 15.2 Å². The molecule has 0 amide bonds. The van der Waals surface area contributed by atoms with Gasteiger partial charge in [0.1, 0.15) is 0 Å². The van der Waals surface area contributed by atoms with E-state index in [1.165, 1.54) is 10.8 Å². The van der Waals surface area contributed by atoms with Gasteiger partial charge in [0.25, 0.3) is 0 Å². The molecule has 0 atom stereocenters. The molecule has 1 aromatic heterocycles. The van der Waals surface area contributed by atoms with Crippen molar-refractivity contribution in [2.75, 3.05) is 11.5 Å². The monoisotopic (exact) mass is 351 g/mol.